The Hall–Kier alpha value is -1.98. The highest BCUT2D eigenvalue weighted by molar-refractivity contribution is 6.35. The first-order valence-electron chi connectivity index (χ1n) is 8.71. The van der Waals surface area contributed by atoms with Crippen LogP contribution in [-0.2, 0) is 6.54 Å². The summed E-state index contributed by atoms with van der Waals surface area (Å²) in [5, 5.41) is 6.43. The van der Waals surface area contributed by atoms with Gasteiger partial charge in [0.25, 0.3) is 0 Å². The first-order chi connectivity index (χ1) is 12.5. The lowest BCUT2D eigenvalue weighted by Gasteiger charge is -2.31. The maximum atomic E-state index is 12.0. The van der Waals surface area contributed by atoms with Crippen LogP contribution in [0.1, 0.15) is 25.3 Å². The maximum Gasteiger partial charge on any atom is 0.319 e. The number of benzene rings is 1. The number of rotatable bonds is 4. The van der Waals surface area contributed by atoms with Gasteiger partial charge in [-0.2, -0.15) is 0 Å². The summed E-state index contributed by atoms with van der Waals surface area (Å²) >= 11 is 12.0. The third-order valence-electron chi connectivity index (χ3n) is 4.55. The molecule has 7 heteroatoms. The van der Waals surface area contributed by atoms with Gasteiger partial charge in [0.05, 0.1) is 10.7 Å². The molecule has 26 heavy (non-hydrogen) atoms. The zero-order valence-electron chi connectivity index (χ0n) is 14.6. The van der Waals surface area contributed by atoms with Crippen LogP contribution in [0.15, 0.2) is 36.5 Å². The van der Waals surface area contributed by atoms with E-state index in [0.717, 1.165) is 30.4 Å². The first-order valence-corrected chi connectivity index (χ1v) is 9.46. The molecular weight excluding hydrogens is 371 g/mol. The van der Waals surface area contributed by atoms with Crippen LogP contribution in [0.5, 0.6) is 0 Å². The van der Waals surface area contributed by atoms with Crippen molar-refractivity contribution < 1.29 is 4.79 Å². The Bertz CT molecular complexity index is 759. The van der Waals surface area contributed by atoms with Crippen molar-refractivity contribution in [3.05, 3.63) is 52.1 Å². The molecule has 1 aromatic heterocycles. The normalized spacial score (nSPS) is 15.0. The fourth-order valence-corrected chi connectivity index (χ4v) is 3.23. The van der Waals surface area contributed by atoms with E-state index in [1.165, 1.54) is 12.8 Å². The van der Waals surface area contributed by atoms with Crippen molar-refractivity contribution in [1.29, 1.82) is 0 Å². The molecule has 3 rings (SSSR count). The number of urea groups is 1. The summed E-state index contributed by atoms with van der Waals surface area (Å²) in [6, 6.07) is 8.58. The topological polar surface area (TPSA) is 57.3 Å². The fraction of sp³-hybridized carbons (Fsp3) is 0.368. The Labute approximate surface area is 163 Å². The molecule has 138 valence electrons. The molecule has 0 radical (unpaired) electrons. The van der Waals surface area contributed by atoms with Gasteiger partial charge in [-0.3, -0.25) is 0 Å². The van der Waals surface area contributed by atoms with Crippen LogP contribution in [0.3, 0.4) is 0 Å². The number of amides is 2. The molecule has 2 heterocycles. The maximum absolute atomic E-state index is 12.0. The van der Waals surface area contributed by atoms with Gasteiger partial charge in [0.1, 0.15) is 5.82 Å². The van der Waals surface area contributed by atoms with Crippen molar-refractivity contribution in [3.63, 3.8) is 0 Å². The van der Waals surface area contributed by atoms with Gasteiger partial charge in [0.2, 0.25) is 0 Å². The number of carbonyl (C=O) groups excluding carboxylic acids is 1. The Morgan fingerprint density at radius 3 is 2.69 bits per heavy atom. The van der Waals surface area contributed by atoms with Crippen LogP contribution < -0.4 is 15.5 Å². The highest BCUT2D eigenvalue weighted by atomic mass is 35.5. The number of aromatic nitrogens is 1. The Morgan fingerprint density at radius 1 is 1.23 bits per heavy atom. The van der Waals surface area contributed by atoms with Gasteiger partial charge in [-0.15, -0.1) is 0 Å². The predicted octanol–water partition coefficient (Wildman–Crippen LogP) is 4.95. The lowest BCUT2D eigenvalue weighted by Crippen LogP contribution is -2.33. The summed E-state index contributed by atoms with van der Waals surface area (Å²) in [4.78, 5) is 18.9. The lowest BCUT2D eigenvalue weighted by atomic mass is 9.99. The molecule has 0 saturated carbocycles. The highest BCUT2D eigenvalue weighted by Gasteiger charge is 2.16. The fourth-order valence-electron chi connectivity index (χ4n) is 2.89. The number of nitrogens with one attached hydrogen (secondary N) is 2. The van der Waals surface area contributed by atoms with E-state index in [0.29, 0.717) is 22.3 Å². The van der Waals surface area contributed by atoms with E-state index in [1.807, 2.05) is 12.1 Å². The molecular formula is C19H22Cl2N4O. The van der Waals surface area contributed by atoms with E-state index >= 15 is 0 Å². The number of nitrogens with zero attached hydrogens (tertiary/aromatic N) is 2. The van der Waals surface area contributed by atoms with Gasteiger partial charge >= 0.3 is 6.03 Å². The smallest absolute Gasteiger partial charge is 0.319 e. The van der Waals surface area contributed by atoms with Crippen molar-refractivity contribution in [2.75, 3.05) is 23.3 Å². The molecule has 0 spiro atoms. The Morgan fingerprint density at radius 2 is 2.00 bits per heavy atom. The minimum atomic E-state index is -0.344. The summed E-state index contributed by atoms with van der Waals surface area (Å²) in [5.41, 5.74) is 1.41. The average Bonchev–Trinajstić information content (AvgIpc) is 2.64. The van der Waals surface area contributed by atoms with E-state index in [9.17, 15) is 4.79 Å². The van der Waals surface area contributed by atoms with Gasteiger partial charge in [-0.1, -0.05) is 36.2 Å². The van der Waals surface area contributed by atoms with Crippen molar-refractivity contribution >= 4 is 40.7 Å². The average molecular weight is 393 g/mol. The molecule has 1 aromatic carbocycles. The van der Waals surface area contributed by atoms with Gasteiger partial charge in [0.15, 0.2) is 0 Å². The largest absolute Gasteiger partial charge is 0.357 e. The minimum absolute atomic E-state index is 0.344. The van der Waals surface area contributed by atoms with Gasteiger partial charge in [0, 0.05) is 30.9 Å². The summed E-state index contributed by atoms with van der Waals surface area (Å²) in [5.74, 6) is 1.79. The molecule has 2 aromatic rings. The monoisotopic (exact) mass is 392 g/mol. The molecule has 5 nitrogen and oxygen atoms in total. The van der Waals surface area contributed by atoms with E-state index in [2.05, 4.69) is 27.4 Å². The van der Waals surface area contributed by atoms with E-state index in [1.54, 1.807) is 24.4 Å². The summed E-state index contributed by atoms with van der Waals surface area (Å²) in [6.07, 6.45) is 4.22. The van der Waals surface area contributed by atoms with Crippen molar-refractivity contribution in [1.82, 2.24) is 10.3 Å². The molecule has 0 bridgehead atoms. The van der Waals surface area contributed by atoms with Gasteiger partial charge in [-0.25, -0.2) is 9.78 Å². The second kappa shape index (κ2) is 8.60. The van der Waals surface area contributed by atoms with Crippen molar-refractivity contribution in [3.8, 4) is 0 Å². The number of carbonyl (C=O) groups is 1. The van der Waals surface area contributed by atoms with Crippen LogP contribution in [0, 0.1) is 5.92 Å². The van der Waals surface area contributed by atoms with E-state index in [-0.39, 0.29) is 6.03 Å². The molecule has 0 unspecified atom stereocenters. The number of halogens is 2. The molecule has 0 aliphatic carbocycles. The van der Waals surface area contributed by atoms with Crippen LogP contribution >= 0.6 is 23.2 Å². The number of pyridine rings is 1. The zero-order chi connectivity index (χ0) is 18.5. The molecule has 1 aliphatic heterocycles. The minimum Gasteiger partial charge on any atom is -0.357 e. The summed E-state index contributed by atoms with van der Waals surface area (Å²) in [6.45, 7) is 4.78. The number of anilines is 2. The first kappa shape index (κ1) is 18.8. The number of hydrogen-bond acceptors (Lipinski definition) is 3. The van der Waals surface area contributed by atoms with Gasteiger partial charge in [-0.05, 0) is 48.6 Å². The van der Waals surface area contributed by atoms with Crippen LogP contribution in [0.25, 0.3) is 0 Å². The lowest BCUT2D eigenvalue weighted by molar-refractivity contribution is 0.251. The molecule has 1 saturated heterocycles. The van der Waals surface area contributed by atoms with Crippen LogP contribution in [-0.4, -0.2) is 24.1 Å². The van der Waals surface area contributed by atoms with E-state index in [4.69, 9.17) is 23.2 Å². The SMILES string of the molecule is CC1CCN(c2ccc(CNC(=O)Nc3cc(Cl)ccc3Cl)cn2)CC1. The molecule has 2 N–H and O–H groups in total. The summed E-state index contributed by atoms with van der Waals surface area (Å²) in [7, 11) is 0. The third-order valence-corrected chi connectivity index (χ3v) is 5.11. The predicted molar refractivity (Wildman–Crippen MR) is 107 cm³/mol. The number of piperidine rings is 1. The highest BCUT2D eigenvalue weighted by Crippen LogP contribution is 2.25. The second-order valence-electron chi connectivity index (χ2n) is 6.63. The Kier molecular flexibility index (Phi) is 6.22. The van der Waals surface area contributed by atoms with Crippen molar-refractivity contribution in [2.45, 2.75) is 26.3 Å². The summed E-state index contributed by atoms with van der Waals surface area (Å²) < 4.78 is 0. The van der Waals surface area contributed by atoms with Gasteiger partial charge < -0.3 is 15.5 Å². The quantitative estimate of drug-likeness (QED) is 0.773. The standard InChI is InChI=1S/C19H22Cl2N4O/c1-13-6-8-25(9-7-13)18-5-2-14(11-22-18)12-23-19(26)24-17-10-15(20)3-4-16(17)21/h2-5,10-11,13H,6-9,12H2,1H3,(H2,23,24,26). The Balaban J connectivity index is 1.51. The second-order valence-corrected chi connectivity index (χ2v) is 7.47. The molecule has 0 atom stereocenters. The zero-order valence-corrected chi connectivity index (χ0v) is 16.1. The van der Waals surface area contributed by atoms with Crippen molar-refractivity contribution in [2.24, 2.45) is 5.92 Å². The number of hydrogen-bond donors (Lipinski definition) is 2. The molecule has 1 aliphatic rings. The van der Waals surface area contributed by atoms with Crippen LogP contribution in [0.2, 0.25) is 10.0 Å². The van der Waals surface area contributed by atoms with E-state index < -0.39 is 0 Å². The molecule has 1 fully saturated rings. The molecule has 2 amide bonds. The third kappa shape index (κ3) is 5.02. The van der Waals surface area contributed by atoms with Crippen LogP contribution in [0.4, 0.5) is 16.3 Å².